The number of aromatic hydroxyl groups is 2. The molecule has 2 rings (SSSR count). The molecule has 0 atom stereocenters. The van der Waals surface area contributed by atoms with Crippen molar-refractivity contribution in [3.05, 3.63) is 53.1 Å². The van der Waals surface area contributed by atoms with E-state index in [2.05, 4.69) is 10.5 Å². The highest BCUT2D eigenvalue weighted by atomic mass is 35.5. The summed E-state index contributed by atoms with van der Waals surface area (Å²) in [6.45, 7) is 1.41. The maximum atomic E-state index is 11.7. The van der Waals surface area contributed by atoms with E-state index in [9.17, 15) is 15.0 Å². The summed E-state index contributed by atoms with van der Waals surface area (Å²) in [5.74, 6) is -0.114. The summed E-state index contributed by atoms with van der Waals surface area (Å²) in [6.07, 6.45) is 0. The molecule has 0 bridgehead atoms. The van der Waals surface area contributed by atoms with Crippen molar-refractivity contribution < 1.29 is 19.7 Å². The minimum Gasteiger partial charge on any atom is -0.508 e. The lowest BCUT2D eigenvalue weighted by Gasteiger charge is -2.07. The lowest BCUT2D eigenvalue weighted by atomic mass is 10.1. The molecule has 0 saturated carbocycles. The molecular weight excluding hydrogens is 320 g/mol. The van der Waals surface area contributed by atoms with Crippen molar-refractivity contribution in [2.24, 2.45) is 5.10 Å². The number of amides is 1. The van der Waals surface area contributed by atoms with E-state index in [0.717, 1.165) is 0 Å². The fraction of sp³-hybridized carbons (Fsp3) is 0.125. The van der Waals surface area contributed by atoms with Gasteiger partial charge in [0.25, 0.3) is 5.91 Å². The lowest BCUT2D eigenvalue weighted by molar-refractivity contribution is -0.123. The van der Waals surface area contributed by atoms with Gasteiger partial charge in [-0.3, -0.25) is 4.79 Å². The predicted molar refractivity (Wildman–Crippen MR) is 87.1 cm³/mol. The zero-order valence-corrected chi connectivity index (χ0v) is 13.0. The summed E-state index contributed by atoms with van der Waals surface area (Å²) in [6, 6.07) is 10.7. The second-order valence-electron chi connectivity index (χ2n) is 4.68. The quantitative estimate of drug-likeness (QED) is 0.579. The number of phenolic OH excluding ortho intramolecular Hbond substituents is 2. The molecular formula is C16H15ClN2O4. The maximum Gasteiger partial charge on any atom is 0.277 e. The number of hydrogen-bond donors (Lipinski definition) is 3. The number of nitrogens with one attached hydrogen (secondary N) is 1. The molecule has 6 nitrogen and oxygen atoms in total. The summed E-state index contributed by atoms with van der Waals surface area (Å²) >= 11 is 5.75. The first-order valence-electron chi connectivity index (χ1n) is 6.69. The normalized spacial score (nSPS) is 11.1. The van der Waals surface area contributed by atoms with Gasteiger partial charge in [-0.1, -0.05) is 11.6 Å². The molecule has 0 unspecified atom stereocenters. The van der Waals surface area contributed by atoms with Crippen LogP contribution in [0.4, 0.5) is 0 Å². The number of carbonyl (C=O) groups excluding carboxylic acids is 1. The number of halogens is 1. The van der Waals surface area contributed by atoms with Crippen LogP contribution >= 0.6 is 11.6 Å². The second kappa shape index (κ2) is 7.51. The Bertz CT molecular complexity index is 729. The first-order chi connectivity index (χ1) is 11.0. The highest BCUT2D eigenvalue weighted by Gasteiger charge is 2.07. The van der Waals surface area contributed by atoms with E-state index >= 15 is 0 Å². The largest absolute Gasteiger partial charge is 0.508 e. The molecule has 0 radical (unpaired) electrons. The third kappa shape index (κ3) is 4.89. The van der Waals surface area contributed by atoms with E-state index in [0.29, 0.717) is 22.0 Å². The minimum absolute atomic E-state index is 0.0561. The van der Waals surface area contributed by atoms with Crippen LogP contribution in [0.3, 0.4) is 0 Å². The molecule has 0 aliphatic rings. The molecule has 0 spiro atoms. The molecule has 2 aromatic rings. The molecule has 2 aromatic carbocycles. The molecule has 1 amide bonds. The number of rotatable bonds is 5. The topological polar surface area (TPSA) is 91.2 Å². The van der Waals surface area contributed by atoms with E-state index < -0.39 is 5.91 Å². The maximum absolute atomic E-state index is 11.7. The van der Waals surface area contributed by atoms with Crippen LogP contribution in [0.2, 0.25) is 5.02 Å². The van der Waals surface area contributed by atoms with Crippen LogP contribution in [0.1, 0.15) is 12.5 Å². The van der Waals surface area contributed by atoms with Crippen LogP contribution in [0.5, 0.6) is 17.2 Å². The number of ether oxygens (including phenoxy) is 1. The number of benzene rings is 2. The highest BCUT2D eigenvalue weighted by Crippen LogP contribution is 2.22. The smallest absolute Gasteiger partial charge is 0.277 e. The highest BCUT2D eigenvalue weighted by molar-refractivity contribution is 6.30. The van der Waals surface area contributed by atoms with Crippen LogP contribution in [0.25, 0.3) is 0 Å². The predicted octanol–water partition coefficient (Wildman–Crippen LogP) is 2.67. The third-order valence-electron chi connectivity index (χ3n) is 2.90. The summed E-state index contributed by atoms with van der Waals surface area (Å²) < 4.78 is 5.28. The van der Waals surface area contributed by atoms with Crippen LogP contribution in [-0.4, -0.2) is 28.4 Å². The van der Waals surface area contributed by atoms with Crippen molar-refractivity contribution in [3.63, 3.8) is 0 Å². The number of nitrogens with zero attached hydrogens (tertiary/aromatic N) is 1. The van der Waals surface area contributed by atoms with Gasteiger partial charge in [0.1, 0.15) is 17.2 Å². The standard InChI is InChI=1S/C16H15ClN2O4/c1-10(14-7-4-12(20)8-15(14)21)18-19-16(22)9-23-13-5-2-11(17)3-6-13/h2-8,20-21H,9H2,1H3,(H,19,22)/b18-10+. The Morgan fingerprint density at radius 2 is 1.91 bits per heavy atom. The van der Waals surface area contributed by atoms with Gasteiger partial charge in [0.15, 0.2) is 6.61 Å². The average molecular weight is 335 g/mol. The van der Waals surface area contributed by atoms with E-state index in [1.54, 1.807) is 31.2 Å². The van der Waals surface area contributed by atoms with Crippen molar-refractivity contribution >= 4 is 23.2 Å². The van der Waals surface area contributed by atoms with E-state index in [1.807, 2.05) is 0 Å². The van der Waals surface area contributed by atoms with Gasteiger partial charge in [-0.2, -0.15) is 5.10 Å². The zero-order chi connectivity index (χ0) is 16.8. The SMILES string of the molecule is C/C(=N\NC(=O)COc1ccc(Cl)cc1)c1ccc(O)cc1O. The van der Waals surface area contributed by atoms with Crippen molar-refractivity contribution in [2.75, 3.05) is 6.61 Å². The summed E-state index contributed by atoms with van der Waals surface area (Å²) in [5.41, 5.74) is 3.12. The van der Waals surface area contributed by atoms with Gasteiger partial charge in [-0.05, 0) is 43.3 Å². The molecule has 0 saturated heterocycles. The van der Waals surface area contributed by atoms with Crippen LogP contribution in [0, 0.1) is 0 Å². The molecule has 7 heteroatoms. The van der Waals surface area contributed by atoms with Gasteiger partial charge in [0, 0.05) is 16.7 Å². The average Bonchev–Trinajstić information content (AvgIpc) is 2.52. The fourth-order valence-electron chi connectivity index (χ4n) is 1.74. The van der Waals surface area contributed by atoms with Crippen molar-refractivity contribution in [1.82, 2.24) is 5.43 Å². The monoisotopic (exact) mass is 334 g/mol. The van der Waals surface area contributed by atoms with Gasteiger partial charge >= 0.3 is 0 Å². The number of carbonyl (C=O) groups is 1. The number of phenols is 2. The third-order valence-corrected chi connectivity index (χ3v) is 3.15. The van der Waals surface area contributed by atoms with E-state index in [-0.39, 0.29) is 18.1 Å². The first-order valence-corrected chi connectivity index (χ1v) is 7.07. The van der Waals surface area contributed by atoms with Gasteiger partial charge < -0.3 is 14.9 Å². The molecule has 0 fully saturated rings. The molecule has 0 aliphatic heterocycles. The Hall–Kier alpha value is -2.73. The molecule has 23 heavy (non-hydrogen) atoms. The Morgan fingerprint density at radius 1 is 1.22 bits per heavy atom. The van der Waals surface area contributed by atoms with Gasteiger partial charge in [0.05, 0.1) is 5.71 Å². The summed E-state index contributed by atoms with van der Waals surface area (Å²) in [4.78, 5) is 11.7. The number of hydrogen-bond acceptors (Lipinski definition) is 5. The van der Waals surface area contributed by atoms with Crippen LogP contribution in [0.15, 0.2) is 47.6 Å². The summed E-state index contributed by atoms with van der Waals surface area (Å²) in [7, 11) is 0. The molecule has 0 aliphatic carbocycles. The van der Waals surface area contributed by atoms with Crippen molar-refractivity contribution in [2.45, 2.75) is 6.92 Å². The Balaban J connectivity index is 1.90. The number of hydrazone groups is 1. The Morgan fingerprint density at radius 3 is 2.57 bits per heavy atom. The molecule has 0 heterocycles. The van der Waals surface area contributed by atoms with Crippen LogP contribution in [-0.2, 0) is 4.79 Å². The first kappa shape index (κ1) is 16.6. The van der Waals surface area contributed by atoms with Gasteiger partial charge in [-0.25, -0.2) is 5.43 Å². The lowest BCUT2D eigenvalue weighted by Crippen LogP contribution is -2.25. The second-order valence-corrected chi connectivity index (χ2v) is 5.11. The molecule has 0 aromatic heterocycles. The van der Waals surface area contributed by atoms with Crippen molar-refractivity contribution in [3.8, 4) is 17.2 Å². The molecule has 120 valence electrons. The fourth-order valence-corrected chi connectivity index (χ4v) is 1.87. The van der Waals surface area contributed by atoms with Gasteiger partial charge in [-0.15, -0.1) is 0 Å². The van der Waals surface area contributed by atoms with E-state index in [4.69, 9.17) is 16.3 Å². The van der Waals surface area contributed by atoms with Crippen LogP contribution < -0.4 is 10.2 Å². The van der Waals surface area contributed by atoms with E-state index in [1.165, 1.54) is 18.2 Å². The van der Waals surface area contributed by atoms with Crippen molar-refractivity contribution in [1.29, 1.82) is 0 Å². The Labute approximate surface area is 138 Å². The minimum atomic E-state index is -0.447. The zero-order valence-electron chi connectivity index (χ0n) is 12.3. The summed E-state index contributed by atoms with van der Waals surface area (Å²) in [5, 5.41) is 23.4. The van der Waals surface area contributed by atoms with Gasteiger partial charge in [0.2, 0.25) is 0 Å². The molecule has 3 N–H and O–H groups in total. The Kier molecular flexibility index (Phi) is 5.43.